The van der Waals surface area contributed by atoms with E-state index < -0.39 is 0 Å². The first-order chi connectivity index (χ1) is 11.2. The normalized spacial score (nSPS) is 17.0. The zero-order valence-electron chi connectivity index (χ0n) is 13.0. The molecule has 0 radical (unpaired) electrons. The standard InChI is InChI=1S/C17H18N4O2/c1-12-9-16(23-20-12)15-3-2-8-21(15)17(22)19-11-14-6-4-13(10-18)5-7-14/h4-7,9,15H,2-3,8,11H2,1H3,(H,19,22)/t15-/m1/s1. The smallest absolute Gasteiger partial charge is 0.318 e. The molecule has 1 aliphatic heterocycles. The Kier molecular flexibility index (Phi) is 4.29. The molecule has 0 aliphatic carbocycles. The highest BCUT2D eigenvalue weighted by Crippen LogP contribution is 2.32. The SMILES string of the molecule is Cc1cc([C@H]2CCCN2C(=O)NCc2ccc(C#N)cc2)on1. The van der Waals surface area contributed by atoms with E-state index in [1.165, 1.54) is 0 Å². The van der Waals surface area contributed by atoms with Gasteiger partial charge in [-0.1, -0.05) is 17.3 Å². The molecule has 0 unspecified atom stereocenters. The lowest BCUT2D eigenvalue weighted by Gasteiger charge is -2.23. The first-order valence-electron chi connectivity index (χ1n) is 7.64. The molecule has 2 amide bonds. The number of carbonyl (C=O) groups is 1. The van der Waals surface area contributed by atoms with E-state index in [0.29, 0.717) is 18.7 Å². The molecular weight excluding hydrogens is 292 g/mol. The van der Waals surface area contributed by atoms with Crippen molar-refractivity contribution >= 4 is 6.03 Å². The first-order valence-corrected chi connectivity index (χ1v) is 7.64. The molecule has 1 aromatic heterocycles. The van der Waals surface area contributed by atoms with Crippen LogP contribution in [0.2, 0.25) is 0 Å². The van der Waals surface area contributed by atoms with E-state index in [1.807, 2.05) is 25.1 Å². The third kappa shape index (κ3) is 3.34. The van der Waals surface area contributed by atoms with E-state index in [0.717, 1.165) is 29.9 Å². The summed E-state index contributed by atoms with van der Waals surface area (Å²) in [6.45, 7) is 3.02. The molecule has 3 rings (SSSR count). The molecule has 2 aromatic rings. The predicted molar refractivity (Wildman–Crippen MR) is 83.3 cm³/mol. The number of carbonyl (C=O) groups excluding carboxylic acids is 1. The van der Waals surface area contributed by atoms with Gasteiger partial charge in [0.25, 0.3) is 0 Å². The van der Waals surface area contributed by atoms with E-state index in [2.05, 4.69) is 16.5 Å². The van der Waals surface area contributed by atoms with Crippen molar-refractivity contribution < 1.29 is 9.32 Å². The Morgan fingerprint density at radius 2 is 2.26 bits per heavy atom. The van der Waals surface area contributed by atoms with Crippen LogP contribution < -0.4 is 5.32 Å². The van der Waals surface area contributed by atoms with Crippen molar-refractivity contribution in [3.05, 3.63) is 52.9 Å². The van der Waals surface area contributed by atoms with Gasteiger partial charge in [0.15, 0.2) is 5.76 Å². The quantitative estimate of drug-likeness (QED) is 0.945. The fourth-order valence-electron chi connectivity index (χ4n) is 2.82. The van der Waals surface area contributed by atoms with E-state index in [-0.39, 0.29) is 12.1 Å². The van der Waals surface area contributed by atoms with Gasteiger partial charge in [0.2, 0.25) is 0 Å². The highest BCUT2D eigenvalue weighted by atomic mass is 16.5. The number of urea groups is 1. The highest BCUT2D eigenvalue weighted by molar-refractivity contribution is 5.75. The molecular formula is C17H18N4O2. The number of rotatable bonds is 3. The second-order valence-corrected chi connectivity index (χ2v) is 5.69. The monoisotopic (exact) mass is 310 g/mol. The minimum Gasteiger partial charge on any atom is -0.359 e. The second-order valence-electron chi connectivity index (χ2n) is 5.69. The van der Waals surface area contributed by atoms with Gasteiger partial charge in [-0.3, -0.25) is 0 Å². The molecule has 1 atom stereocenters. The summed E-state index contributed by atoms with van der Waals surface area (Å²) in [6, 6.07) is 11.0. The number of aryl methyl sites for hydroxylation is 1. The molecule has 1 N–H and O–H groups in total. The summed E-state index contributed by atoms with van der Waals surface area (Å²) >= 11 is 0. The second kappa shape index (κ2) is 6.53. The van der Waals surface area contributed by atoms with Crippen molar-refractivity contribution in [2.75, 3.05) is 6.54 Å². The average molecular weight is 310 g/mol. The van der Waals surface area contributed by atoms with Gasteiger partial charge < -0.3 is 14.7 Å². The maximum atomic E-state index is 12.4. The Morgan fingerprint density at radius 1 is 1.48 bits per heavy atom. The van der Waals surface area contributed by atoms with Crippen LogP contribution in [0.4, 0.5) is 4.79 Å². The van der Waals surface area contributed by atoms with E-state index in [1.54, 1.807) is 17.0 Å². The van der Waals surface area contributed by atoms with Gasteiger partial charge in [-0.15, -0.1) is 0 Å². The van der Waals surface area contributed by atoms with Gasteiger partial charge in [-0.2, -0.15) is 5.26 Å². The first kappa shape index (κ1) is 15.1. The Labute approximate surface area is 134 Å². The van der Waals surface area contributed by atoms with Crippen LogP contribution in [0.1, 0.15) is 41.5 Å². The third-order valence-electron chi connectivity index (χ3n) is 4.02. The summed E-state index contributed by atoms with van der Waals surface area (Å²) in [7, 11) is 0. The van der Waals surface area contributed by atoms with Crippen molar-refractivity contribution in [2.24, 2.45) is 0 Å². The maximum absolute atomic E-state index is 12.4. The summed E-state index contributed by atoms with van der Waals surface area (Å²) in [5, 5.41) is 15.6. The molecule has 23 heavy (non-hydrogen) atoms. The number of hydrogen-bond donors (Lipinski definition) is 1. The van der Waals surface area contributed by atoms with E-state index in [4.69, 9.17) is 9.78 Å². The number of hydrogen-bond acceptors (Lipinski definition) is 4. The molecule has 1 saturated heterocycles. The van der Waals surface area contributed by atoms with Crippen molar-refractivity contribution in [3.8, 4) is 6.07 Å². The fraction of sp³-hybridized carbons (Fsp3) is 0.353. The summed E-state index contributed by atoms with van der Waals surface area (Å²) in [4.78, 5) is 14.2. The largest absolute Gasteiger partial charge is 0.359 e. The van der Waals surface area contributed by atoms with Crippen LogP contribution in [-0.2, 0) is 6.54 Å². The number of nitrogens with one attached hydrogen (secondary N) is 1. The molecule has 0 spiro atoms. The molecule has 1 aromatic carbocycles. The molecule has 1 fully saturated rings. The maximum Gasteiger partial charge on any atom is 0.318 e. The van der Waals surface area contributed by atoms with Crippen LogP contribution in [0.15, 0.2) is 34.9 Å². The van der Waals surface area contributed by atoms with Crippen molar-refractivity contribution in [1.29, 1.82) is 5.26 Å². The fourth-order valence-corrected chi connectivity index (χ4v) is 2.82. The number of likely N-dealkylation sites (tertiary alicyclic amines) is 1. The van der Waals surface area contributed by atoms with Gasteiger partial charge >= 0.3 is 6.03 Å². The minimum atomic E-state index is -0.106. The van der Waals surface area contributed by atoms with Crippen LogP contribution in [0, 0.1) is 18.3 Å². The Bertz CT molecular complexity index is 730. The summed E-state index contributed by atoms with van der Waals surface area (Å²) in [6.07, 6.45) is 1.84. The molecule has 2 heterocycles. The zero-order valence-corrected chi connectivity index (χ0v) is 13.0. The van der Waals surface area contributed by atoms with E-state index >= 15 is 0 Å². The molecule has 6 heteroatoms. The lowest BCUT2D eigenvalue weighted by molar-refractivity contribution is 0.182. The average Bonchev–Trinajstić information content (AvgIpc) is 3.21. The highest BCUT2D eigenvalue weighted by Gasteiger charge is 2.32. The number of amides is 2. The molecule has 118 valence electrons. The summed E-state index contributed by atoms with van der Waals surface area (Å²) in [5.41, 5.74) is 2.40. The minimum absolute atomic E-state index is 0.0443. The molecule has 6 nitrogen and oxygen atoms in total. The van der Waals surface area contributed by atoms with Gasteiger partial charge in [0, 0.05) is 19.2 Å². The summed E-state index contributed by atoms with van der Waals surface area (Å²) < 4.78 is 5.31. The number of nitrogens with zero attached hydrogens (tertiary/aromatic N) is 3. The predicted octanol–water partition coefficient (Wildman–Crippen LogP) is 2.90. The number of benzene rings is 1. The van der Waals surface area contributed by atoms with Gasteiger partial charge in [0.05, 0.1) is 23.4 Å². The van der Waals surface area contributed by atoms with Gasteiger partial charge in [0.1, 0.15) is 0 Å². The van der Waals surface area contributed by atoms with Gasteiger partial charge in [-0.25, -0.2) is 4.79 Å². The molecule has 0 bridgehead atoms. The van der Waals surface area contributed by atoms with Crippen LogP contribution in [-0.4, -0.2) is 22.6 Å². The van der Waals surface area contributed by atoms with Crippen LogP contribution in [0.5, 0.6) is 0 Å². The number of nitriles is 1. The molecule has 0 saturated carbocycles. The number of aromatic nitrogens is 1. The van der Waals surface area contributed by atoms with Crippen LogP contribution in [0.25, 0.3) is 0 Å². The Balaban J connectivity index is 1.61. The lowest BCUT2D eigenvalue weighted by atomic mass is 10.1. The lowest BCUT2D eigenvalue weighted by Crippen LogP contribution is -2.39. The van der Waals surface area contributed by atoms with Crippen molar-refractivity contribution in [3.63, 3.8) is 0 Å². The van der Waals surface area contributed by atoms with E-state index in [9.17, 15) is 4.79 Å². The Morgan fingerprint density at radius 3 is 2.91 bits per heavy atom. The van der Waals surface area contributed by atoms with Crippen molar-refractivity contribution in [2.45, 2.75) is 32.4 Å². The molecule has 1 aliphatic rings. The Hall–Kier alpha value is -2.81. The van der Waals surface area contributed by atoms with Gasteiger partial charge in [-0.05, 0) is 37.5 Å². The third-order valence-corrected chi connectivity index (χ3v) is 4.02. The topological polar surface area (TPSA) is 82.2 Å². The van der Waals surface area contributed by atoms with Crippen LogP contribution in [0.3, 0.4) is 0 Å². The zero-order chi connectivity index (χ0) is 16.2. The van der Waals surface area contributed by atoms with Crippen LogP contribution >= 0.6 is 0 Å². The van der Waals surface area contributed by atoms with Crippen molar-refractivity contribution in [1.82, 2.24) is 15.4 Å². The summed E-state index contributed by atoms with van der Waals surface area (Å²) in [5.74, 6) is 0.744.